The van der Waals surface area contributed by atoms with Crippen molar-refractivity contribution in [2.75, 3.05) is 10.2 Å². The number of hydrogen-bond donors (Lipinski definition) is 3. The van der Waals surface area contributed by atoms with Crippen LogP contribution in [0.25, 0.3) is 11.3 Å². The first-order valence-electron chi connectivity index (χ1n) is 12.6. The van der Waals surface area contributed by atoms with Crippen LogP contribution in [0.5, 0.6) is 0 Å². The predicted octanol–water partition coefficient (Wildman–Crippen LogP) is 6.12. The van der Waals surface area contributed by atoms with E-state index in [9.17, 15) is 14.7 Å². The zero-order valence-electron chi connectivity index (χ0n) is 21.7. The topological polar surface area (TPSA) is 108 Å². The van der Waals surface area contributed by atoms with Gasteiger partial charge >= 0.3 is 5.97 Å². The fraction of sp³-hybridized carbons (Fsp3) is 0.200. The Bertz CT molecular complexity index is 1550. The van der Waals surface area contributed by atoms with Gasteiger partial charge in [0.25, 0.3) is 0 Å². The first-order valence-corrected chi connectivity index (χ1v) is 13.0. The third kappa shape index (κ3) is 5.13. The minimum atomic E-state index is -1.03. The number of anilines is 2. The summed E-state index contributed by atoms with van der Waals surface area (Å²) in [4.78, 5) is 30.6. The maximum Gasteiger partial charge on any atom is 0.336 e. The molecular weight excluding hydrogens is 512 g/mol. The lowest BCUT2D eigenvalue weighted by atomic mass is 10.0. The smallest absolute Gasteiger partial charge is 0.336 e. The summed E-state index contributed by atoms with van der Waals surface area (Å²) in [5.41, 5.74) is 3.88. The first kappa shape index (κ1) is 26.1. The van der Waals surface area contributed by atoms with E-state index in [0.717, 1.165) is 22.6 Å². The molecule has 0 aliphatic carbocycles. The summed E-state index contributed by atoms with van der Waals surface area (Å²) < 4.78 is 6.34. The van der Waals surface area contributed by atoms with Crippen molar-refractivity contribution in [3.05, 3.63) is 102 Å². The quantitative estimate of drug-likeness (QED) is 0.241. The predicted molar refractivity (Wildman–Crippen MR) is 154 cm³/mol. The van der Waals surface area contributed by atoms with Crippen molar-refractivity contribution in [1.29, 1.82) is 0 Å². The molecule has 2 aromatic carbocycles. The molecule has 39 heavy (non-hydrogen) atoms. The molecule has 8 nitrogen and oxygen atoms in total. The Morgan fingerprint density at radius 2 is 1.85 bits per heavy atom. The van der Waals surface area contributed by atoms with E-state index in [1.807, 2.05) is 68.1 Å². The number of benzene rings is 2. The number of carbonyl (C=O) groups excluding carboxylic acids is 1. The Morgan fingerprint density at radius 3 is 2.54 bits per heavy atom. The molecule has 1 saturated heterocycles. The van der Waals surface area contributed by atoms with Gasteiger partial charge < -0.3 is 25.1 Å². The second-order valence-corrected chi connectivity index (χ2v) is 10.1. The highest BCUT2D eigenvalue weighted by molar-refractivity contribution is 7.80. The second-order valence-electron chi connectivity index (χ2n) is 9.69. The van der Waals surface area contributed by atoms with E-state index in [4.69, 9.17) is 16.6 Å². The zero-order valence-corrected chi connectivity index (χ0v) is 22.5. The van der Waals surface area contributed by atoms with E-state index in [2.05, 4.69) is 15.6 Å². The molecule has 1 aliphatic heterocycles. The molecule has 2 atom stereocenters. The van der Waals surface area contributed by atoms with E-state index in [1.165, 1.54) is 0 Å². The molecule has 1 fully saturated rings. The number of nitrogens with zero attached hydrogens (tertiary/aromatic N) is 2. The maximum atomic E-state index is 12.3. The summed E-state index contributed by atoms with van der Waals surface area (Å²) in [6.45, 7) is 5.63. The third-order valence-corrected chi connectivity index (χ3v) is 7.02. The highest BCUT2D eigenvalue weighted by Crippen LogP contribution is 2.43. The van der Waals surface area contributed by atoms with Crippen molar-refractivity contribution in [3.63, 3.8) is 0 Å². The van der Waals surface area contributed by atoms with Crippen molar-refractivity contribution in [2.24, 2.45) is 5.92 Å². The van der Waals surface area contributed by atoms with Crippen LogP contribution < -0.4 is 15.5 Å². The summed E-state index contributed by atoms with van der Waals surface area (Å²) in [5, 5.41) is 16.5. The standard InChI is InChI=1S/C30H28N4O4S/c1-17(2)28(35)32-22-12-11-19(16-18(22)3)34-27(26(33-30(34)39)23-10-6-7-15-31-23)25-14-13-24(38-25)20-8-4-5-9-21(20)29(36)37/h4-17,26-27H,1-3H3,(H,32,35)(H,33,39)(H,36,37)/t26-,27+/m0/s1. The number of carboxylic acids is 1. The maximum absolute atomic E-state index is 12.3. The summed E-state index contributed by atoms with van der Waals surface area (Å²) in [6.07, 6.45) is 1.73. The highest BCUT2D eigenvalue weighted by Gasteiger charge is 2.42. The van der Waals surface area contributed by atoms with Crippen LogP contribution >= 0.6 is 12.2 Å². The molecule has 198 valence electrons. The van der Waals surface area contributed by atoms with Gasteiger partial charge in [-0.1, -0.05) is 38.1 Å². The minimum absolute atomic E-state index is 0.0536. The van der Waals surface area contributed by atoms with E-state index < -0.39 is 12.0 Å². The van der Waals surface area contributed by atoms with E-state index in [-0.39, 0.29) is 23.4 Å². The third-order valence-electron chi connectivity index (χ3n) is 6.71. The van der Waals surface area contributed by atoms with Crippen molar-refractivity contribution in [3.8, 4) is 11.3 Å². The number of aryl methyl sites for hydroxylation is 1. The van der Waals surface area contributed by atoms with Crippen LogP contribution in [0.2, 0.25) is 0 Å². The van der Waals surface area contributed by atoms with Crippen LogP contribution in [0.3, 0.4) is 0 Å². The van der Waals surface area contributed by atoms with Gasteiger partial charge in [-0.15, -0.1) is 0 Å². The molecule has 4 aromatic rings. The van der Waals surface area contributed by atoms with Gasteiger partial charge in [-0.25, -0.2) is 4.79 Å². The van der Waals surface area contributed by atoms with Crippen molar-refractivity contribution in [1.82, 2.24) is 10.3 Å². The number of thiocarbonyl (C=S) groups is 1. The molecule has 9 heteroatoms. The minimum Gasteiger partial charge on any atom is -0.478 e. The number of rotatable bonds is 7. The van der Waals surface area contributed by atoms with Crippen LogP contribution in [-0.2, 0) is 4.79 Å². The van der Waals surface area contributed by atoms with Crippen LogP contribution in [0.4, 0.5) is 11.4 Å². The zero-order chi connectivity index (χ0) is 27.7. The molecule has 5 rings (SSSR count). The number of aromatic carboxylic acids is 1. The fourth-order valence-corrected chi connectivity index (χ4v) is 5.02. The van der Waals surface area contributed by atoms with Gasteiger partial charge in [-0.2, -0.15) is 0 Å². The van der Waals surface area contributed by atoms with Gasteiger partial charge in [0.15, 0.2) is 5.11 Å². The molecule has 0 unspecified atom stereocenters. The number of pyridine rings is 1. The number of carboxylic acid groups (broad SMARTS) is 1. The van der Waals surface area contributed by atoms with Crippen molar-refractivity contribution < 1.29 is 19.1 Å². The molecule has 0 saturated carbocycles. The lowest BCUT2D eigenvalue weighted by molar-refractivity contribution is -0.118. The Kier molecular flexibility index (Phi) is 7.17. The van der Waals surface area contributed by atoms with Crippen LogP contribution in [0, 0.1) is 12.8 Å². The molecule has 3 N–H and O–H groups in total. The van der Waals surface area contributed by atoms with Crippen LogP contribution in [0.1, 0.15) is 53.3 Å². The fourth-order valence-electron chi connectivity index (χ4n) is 4.68. The van der Waals surface area contributed by atoms with Crippen molar-refractivity contribution >= 4 is 40.6 Å². The van der Waals surface area contributed by atoms with Gasteiger partial charge in [-0.05, 0) is 73.2 Å². The lowest BCUT2D eigenvalue weighted by Gasteiger charge is -2.27. The summed E-state index contributed by atoms with van der Waals surface area (Å²) in [7, 11) is 0. The molecule has 0 spiro atoms. The average Bonchev–Trinajstić information content (AvgIpc) is 3.54. The van der Waals surface area contributed by atoms with E-state index >= 15 is 0 Å². The molecule has 3 heterocycles. The number of furan rings is 1. The second kappa shape index (κ2) is 10.7. The molecule has 0 bridgehead atoms. The average molecular weight is 541 g/mol. The normalized spacial score (nSPS) is 16.8. The van der Waals surface area contributed by atoms with Crippen LogP contribution in [0.15, 0.2) is 83.4 Å². The first-order chi connectivity index (χ1) is 18.7. The van der Waals surface area contributed by atoms with Gasteiger partial charge in [-0.3, -0.25) is 9.78 Å². The summed E-state index contributed by atoms with van der Waals surface area (Å²) in [6, 6.07) is 21.1. The molecular formula is C30H28N4O4S. The van der Waals surface area contributed by atoms with Gasteiger partial charge in [0.1, 0.15) is 17.6 Å². The number of nitrogens with one attached hydrogen (secondary N) is 2. The Balaban J connectivity index is 1.57. The van der Waals surface area contributed by atoms with Crippen molar-refractivity contribution in [2.45, 2.75) is 32.9 Å². The summed E-state index contributed by atoms with van der Waals surface area (Å²) in [5.74, 6) is -0.170. The number of carbonyl (C=O) groups is 2. The number of hydrogen-bond acceptors (Lipinski definition) is 5. The molecule has 1 amide bonds. The monoisotopic (exact) mass is 540 g/mol. The molecule has 0 radical (unpaired) electrons. The number of aromatic nitrogens is 1. The Hall–Kier alpha value is -4.50. The Morgan fingerprint density at radius 1 is 1.08 bits per heavy atom. The lowest BCUT2D eigenvalue weighted by Crippen LogP contribution is -2.29. The van der Waals surface area contributed by atoms with E-state index in [0.29, 0.717) is 22.2 Å². The largest absolute Gasteiger partial charge is 0.478 e. The summed E-state index contributed by atoms with van der Waals surface area (Å²) >= 11 is 5.81. The van der Waals surface area contributed by atoms with Crippen LogP contribution in [-0.4, -0.2) is 27.1 Å². The van der Waals surface area contributed by atoms with Gasteiger partial charge in [0, 0.05) is 29.1 Å². The molecule has 2 aromatic heterocycles. The molecule has 1 aliphatic rings. The van der Waals surface area contributed by atoms with Gasteiger partial charge in [0.05, 0.1) is 17.3 Å². The Labute approximate surface area is 231 Å². The SMILES string of the molecule is Cc1cc(N2C(=S)N[C@@H](c3ccccn3)[C@H]2c2ccc(-c3ccccc3C(=O)O)o2)ccc1NC(=O)C(C)C. The highest BCUT2D eigenvalue weighted by atomic mass is 32.1. The number of amides is 1. The van der Waals surface area contributed by atoms with Gasteiger partial charge in [0.2, 0.25) is 5.91 Å². The van der Waals surface area contributed by atoms with E-state index in [1.54, 1.807) is 36.5 Å².